The zero-order valence-electron chi connectivity index (χ0n) is 12.7. The van der Waals surface area contributed by atoms with E-state index in [4.69, 9.17) is 16.4 Å². The van der Waals surface area contributed by atoms with E-state index in [1.165, 1.54) is 18.2 Å². The van der Waals surface area contributed by atoms with Crippen molar-refractivity contribution in [2.75, 3.05) is 6.54 Å². The van der Waals surface area contributed by atoms with E-state index in [1.807, 2.05) is 0 Å². The first kappa shape index (κ1) is 18.9. The normalized spacial score (nSPS) is 11.0. The van der Waals surface area contributed by atoms with Crippen LogP contribution in [-0.2, 0) is 9.53 Å². The topological polar surface area (TPSA) is 167 Å². The number of benzene rings is 1. The molecule has 1 aromatic rings. The fourth-order valence-corrected chi connectivity index (χ4v) is 1.76. The summed E-state index contributed by atoms with van der Waals surface area (Å²) >= 11 is 0. The van der Waals surface area contributed by atoms with E-state index >= 15 is 0 Å². The van der Waals surface area contributed by atoms with Gasteiger partial charge < -0.3 is 20.9 Å². The van der Waals surface area contributed by atoms with E-state index in [1.54, 1.807) is 6.07 Å². The maximum absolute atomic E-state index is 11.9. The van der Waals surface area contributed by atoms with Crippen LogP contribution >= 0.6 is 0 Å². The Morgan fingerprint density at radius 2 is 2.04 bits per heavy atom. The Labute approximate surface area is 137 Å². The first-order chi connectivity index (χ1) is 11.5. The van der Waals surface area contributed by atoms with Gasteiger partial charge in [-0.1, -0.05) is 23.3 Å². The number of hydrogen-bond donors (Lipinski definition) is 3. The largest absolute Gasteiger partial charge is 0.480 e. The van der Waals surface area contributed by atoms with Crippen LogP contribution in [0.25, 0.3) is 10.4 Å². The Morgan fingerprint density at radius 3 is 2.71 bits per heavy atom. The van der Waals surface area contributed by atoms with Crippen molar-refractivity contribution in [3.63, 3.8) is 0 Å². The molecule has 0 radical (unpaired) electrons. The summed E-state index contributed by atoms with van der Waals surface area (Å²) in [6, 6.07) is 4.96. The number of ether oxygens (including phenoxy) is 1. The van der Waals surface area contributed by atoms with Gasteiger partial charge in [0, 0.05) is 11.5 Å². The van der Waals surface area contributed by atoms with Gasteiger partial charge in [0.15, 0.2) is 0 Å². The molecule has 0 saturated carbocycles. The van der Waals surface area contributed by atoms with Crippen molar-refractivity contribution in [2.45, 2.75) is 25.3 Å². The highest BCUT2D eigenvalue weighted by atomic mass is 16.6. The van der Waals surface area contributed by atoms with Gasteiger partial charge >= 0.3 is 18.0 Å². The third-order valence-corrected chi connectivity index (χ3v) is 2.99. The van der Waals surface area contributed by atoms with E-state index in [-0.39, 0.29) is 24.2 Å². The molecular formula is C14H17N5O5. The molecule has 0 saturated heterocycles. The van der Waals surface area contributed by atoms with Crippen LogP contribution in [0, 0.1) is 0 Å². The third kappa shape index (κ3) is 6.34. The molecule has 10 nitrogen and oxygen atoms in total. The minimum absolute atomic E-state index is 0.0297. The molecule has 0 unspecified atom stereocenters. The maximum atomic E-state index is 11.9. The van der Waals surface area contributed by atoms with Gasteiger partial charge in [-0.3, -0.25) is 4.79 Å². The molecule has 1 aromatic carbocycles. The van der Waals surface area contributed by atoms with Crippen LogP contribution in [0.1, 0.15) is 29.6 Å². The Balaban J connectivity index is 2.39. The van der Waals surface area contributed by atoms with E-state index < -0.39 is 24.1 Å². The highest BCUT2D eigenvalue weighted by Crippen LogP contribution is 2.19. The predicted octanol–water partition coefficient (Wildman–Crippen LogP) is 2.08. The number of rotatable bonds is 8. The van der Waals surface area contributed by atoms with Gasteiger partial charge in [-0.2, -0.15) is 0 Å². The number of nitrogens with zero attached hydrogens (tertiary/aromatic N) is 3. The van der Waals surface area contributed by atoms with Crippen LogP contribution in [0.2, 0.25) is 0 Å². The monoisotopic (exact) mass is 335 g/mol. The van der Waals surface area contributed by atoms with E-state index in [9.17, 15) is 14.4 Å². The molecule has 0 heterocycles. The highest BCUT2D eigenvalue weighted by Gasteiger charge is 2.15. The van der Waals surface area contributed by atoms with Crippen molar-refractivity contribution in [3.8, 4) is 0 Å². The number of carboxylic acids is 1. The summed E-state index contributed by atoms with van der Waals surface area (Å²) in [4.78, 5) is 36.5. The molecular weight excluding hydrogens is 318 g/mol. The molecule has 1 rings (SSSR count). The van der Waals surface area contributed by atoms with Crippen molar-refractivity contribution >= 4 is 23.7 Å². The van der Waals surface area contributed by atoms with Gasteiger partial charge in [0.1, 0.15) is 6.04 Å². The molecule has 4 N–H and O–H groups in total. The lowest BCUT2D eigenvalue weighted by Crippen LogP contribution is -2.31. The van der Waals surface area contributed by atoms with Crippen molar-refractivity contribution in [2.24, 2.45) is 10.8 Å². The number of alkyl carbamates (subject to hydrolysis) is 1. The average molecular weight is 335 g/mol. The van der Waals surface area contributed by atoms with Crippen LogP contribution in [0.3, 0.4) is 0 Å². The molecule has 0 aliphatic carbocycles. The van der Waals surface area contributed by atoms with E-state index in [0.717, 1.165) is 0 Å². The third-order valence-electron chi connectivity index (χ3n) is 2.99. The van der Waals surface area contributed by atoms with Crippen molar-refractivity contribution < 1.29 is 24.2 Å². The number of aliphatic carboxylic acids is 1. The number of hydrogen-bond acceptors (Lipinski definition) is 6. The van der Waals surface area contributed by atoms with Crippen LogP contribution in [0.15, 0.2) is 29.4 Å². The summed E-state index contributed by atoms with van der Waals surface area (Å²) in [5.74, 6) is -2.02. The lowest BCUT2D eigenvalue weighted by atomic mass is 10.1. The lowest BCUT2D eigenvalue weighted by molar-refractivity contribution is -0.138. The first-order valence-electron chi connectivity index (χ1n) is 7.08. The zero-order valence-corrected chi connectivity index (χ0v) is 12.7. The smallest absolute Gasteiger partial charge is 0.415 e. The second-order valence-corrected chi connectivity index (χ2v) is 4.75. The Morgan fingerprint density at radius 1 is 1.33 bits per heavy atom. The van der Waals surface area contributed by atoms with Crippen molar-refractivity contribution in [1.82, 2.24) is 5.32 Å². The van der Waals surface area contributed by atoms with Crippen LogP contribution < -0.4 is 11.1 Å². The molecule has 0 bridgehead atoms. The summed E-state index contributed by atoms with van der Waals surface area (Å²) in [6.45, 7) is 0.205. The van der Waals surface area contributed by atoms with Gasteiger partial charge in [0.25, 0.3) is 0 Å². The zero-order chi connectivity index (χ0) is 17.9. The minimum Gasteiger partial charge on any atom is -0.480 e. The number of carboxylic acid groups (broad SMARTS) is 1. The molecule has 1 atom stereocenters. The summed E-state index contributed by atoms with van der Waals surface area (Å²) < 4.78 is 4.60. The van der Waals surface area contributed by atoms with Gasteiger partial charge in [0.2, 0.25) is 0 Å². The first-order valence-corrected chi connectivity index (χ1v) is 7.08. The van der Waals surface area contributed by atoms with Crippen molar-refractivity contribution in [1.29, 1.82) is 0 Å². The van der Waals surface area contributed by atoms with Gasteiger partial charge in [-0.25, -0.2) is 9.59 Å². The van der Waals surface area contributed by atoms with Crippen LogP contribution in [0.4, 0.5) is 10.5 Å². The molecule has 128 valence electrons. The molecule has 0 spiro atoms. The Bertz CT molecular complexity index is 657. The fraction of sp³-hybridized carbons (Fsp3) is 0.357. The number of carbonyl (C=O) groups is 3. The van der Waals surface area contributed by atoms with Crippen LogP contribution in [-0.4, -0.2) is 35.7 Å². The number of nitrogens with two attached hydrogens (primary N) is 1. The quantitative estimate of drug-likeness (QED) is 0.164. The molecule has 0 fully saturated rings. The fourth-order valence-electron chi connectivity index (χ4n) is 1.76. The maximum Gasteiger partial charge on any atom is 0.415 e. The minimum atomic E-state index is -1.08. The molecule has 0 aromatic heterocycles. The average Bonchev–Trinajstić information content (AvgIpc) is 2.54. The second-order valence-electron chi connectivity index (χ2n) is 4.75. The van der Waals surface area contributed by atoms with Gasteiger partial charge in [0.05, 0.1) is 11.3 Å². The number of carbonyl (C=O) groups excluding carboxylic acids is 2. The van der Waals surface area contributed by atoms with E-state index in [2.05, 4.69) is 20.1 Å². The summed E-state index contributed by atoms with van der Waals surface area (Å²) in [5, 5.41) is 14.3. The number of unbranched alkanes of at least 4 members (excludes halogenated alkanes) is 1. The molecule has 1 amide bonds. The second kappa shape index (κ2) is 9.82. The van der Waals surface area contributed by atoms with E-state index in [0.29, 0.717) is 12.8 Å². The predicted molar refractivity (Wildman–Crippen MR) is 83.5 cm³/mol. The van der Waals surface area contributed by atoms with Gasteiger partial charge in [-0.05, 0) is 30.9 Å². The number of azide groups is 1. The summed E-state index contributed by atoms with van der Waals surface area (Å²) in [7, 11) is 0. The SMILES string of the molecule is [N-]=[N+]=Nc1ccccc1C(=O)OC(=O)NCCCC[C@H](N)C(=O)O. The Kier molecular flexibility index (Phi) is 7.76. The number of nitrogens with one attached hydrogen (secondary N) is 1. The number of esters is 1. The highest BCUT2D eigenvalue weighted by molar-refractivity contribution is 6.00. The molecule has 24 heavy (non-hydrogen) atoms. The summed E-state index contributed by atoms with van der Waals surface area (Å²) in [5.41, 5.74) is 13.8. The molecule has 10 heteroatoms. The van der Waals surface area contributed by atoms with Crippen molar-refractivity contribution in [3.05, 3.63) is 40.3 Å². The molecule has 0 aliphatic heterocycles. The number of amides is 1. The van der Waals surface area contributed by atoms with Gasteiger partial charge in [-0.15, -0.1) is 0 Å². The summed E-state index contributed by atoms with van der Waals surface area (Å²) in [6.07, 6.45) is 0.323. The Hall–Kier alpha value is -3.10. The van der Waals surface area contributed by atoms with Crippen LogP contribution in [0.5, 0.6) is 0 Å². The lowest BCUT2D eigenvalue weighted by Gasteiger charge is -2.08. The standard InChI is InChI=1S/C14H17N5O5/c15-10(12(20)21)6-3-4-8-17-14(23)24-13(22)9-5-1-2-7-11(9)18-19-16/h1-2,5,7,10H,3-4,6,8,15H2,(H,17,23)(H,20,21)/t10-/m0/s1. The molecule has 0 aliphatic rings.